The first kappa shape index (κ1) is 6.09. The van der Waals surface area contributed by atoms with E-state index in [9.17, 15) is 9.59 Å². The van der Waals surface area contributed by atoms with Crippen molar-refractivity contribution in [3.05, 3.63) is 20.2 Å². The van der Waals surface area contributed by atoms with Gasteiger partial charge in [0.1, 0.15) is 7.11 Å². The van der Waals surface area contributed by atoms with Gasteiger partial charge < -0.3 is 4.84 Å². The predicted molar refractivity (Wildman–Crippen MR) is 31.7 cm³/mol. The van der Waals surface area contributed by atoms with Crippen LogP contribution < -0.4 is 15.4 Å². The Hall–Kier alpha value is -1.04. The highest BCUT2D eigenvalue weighted by Gasteiger charge is 1.99. The van der Waals surface area contributed by atoms with Crippen LogP contribution in [0.2, 0.25) is 0 Å². The summed E-state index contributed by atoms with van der Waals surface area (Å²) >= 11 is 0.701. The van der Waals surface area contributed by atoms with Crippen molar-refractivity contribution >= 4 is 11.5 Å². The van der Waals surface area contributed by atoms with Gasteiger partial charge in [0.25, 0.3) is 0 Å². The van der Waals surface area contributed by atoms with E-state index in [0.717, 1.165) is 0 Å². The first-order chi connectivity index (χ1) is 4.25. The number of hydrogen-bond acceptors (Lipinski definition) is 4. The lowest BCUT2D eigenvalue weighted by molar-refractivity contribution is 0.151. The second-order valence-electron chi connectivity index (χ2n) is 1.25. The van der Waals surface area contributed by atoms with Crippen molar-refractivity contribution in [2.75, 3.05) is 7.11 Å². The van der Waals surface area contributed by atoms with Crippen molar-refractivity contribution in [2.45, 2.75) is 0 Å². The predicted octanol–water partition coefficient (Wildman–Crippen LogP) is -1.34. The van der Waals surface area contributed by atoms with E-state index in [1.165, 1.54) is 7.11 Å². The Labute approximate surface area is 53.6 Å². The van der Waals surface area contributed by atoms with Crippen LogP contribution in [0, 0.1) is 0 Å². The molecule has 0 saturated heterocycles. The van der Waals surface area contributed by atoms with E-state index < -0.39 is 10.6 Å². The van der Waals surface area contributed by atoms with Crippen molar-refractivity contribution in [1.29, 1.82) is 0 Å². The lowest BCUT2D eigenvalue weighted by Gasteiger charge is -1.89. The first-order valence-corrected chi connectivity index (χ1v) is 2.92. The van der Waals surface area contributed by atoms with E-state index in [1.807, 2.05) is 0 Å². The molecule has 1 aromatic heterocycles. The SMILES string of the molecule is COn1c(=O)[nH]sc1=O. The zero-order chi connectivity index (χ0) is 6.85. The maximum atomic E-state index is 10.5. The van der Waals surface area contributed by atoms with Gasteiger partial charge in [-0.25, -0.2) is 4.79 Å². The summed E-state index contributed by atoms with van der Waals surface area (Å²) in [6, 6.07) is 0. The molecule has 50 valence electrons. The van der Waals surface area contributed by atoms with Gasteiger partial charge in [-0.2, -0.15) is 0 Å². The lowest BCUT2D eigenvalue weighted by atomic mass is 11.2. The monoisotopic (exact) mass is 148 g/mol. The maximum Gasteiger partial charge on any atom is 0.372 e. The van der Waals surface area contributed by atoms with Crippen LogP contribution in [0.4, 0.5) is 0 Å². The normalized spacial score (nSPS) is 9.44. The summed E-state index contributed by atoms with van der Waals surface area (Å²) in [5.74, 6) is 0. The molecule has 0 aliphatic carbocycles. The van der Waals surface area contributed by atoms with Crippen LogP contribution >= 0.6 is 11.5 Å². The third-order valence-corrected chi connectivity index (χ3v) is 1.38. The molecule has 5 nitrogen and oxygen atoms in total. The Morgan fingerprint density at radius 3 is 2.56 bits per heavy atom. The summed E-state index contributed by atoms with van der Waals surface area (Å²) in [5.41, 5.74) is -0.535. The zero-order valence-corrected chi connectivity index (χ0v) is 5.40. The molecule has 0 aromatic carbocycles. The van der Waals surface area contributed by atoms with Gasteiger partial charge in [-0.3, -0.25) is 9.17 Å². The minimum absolute atomic E-state index is 0.442. The number of nitrogens with one attached hydrogen (secondary N) is 1. The topological polar surface area (TPSA) is 64.1 Å². The van der Waals surface area contributed by atoms with Crippen LogP contribution in [0.3, 0.4) is 0 Å². The molecule has 6 heteroatoms. The van der Waals surface area contributed by atoms with Crippen LogP contribution in [0.5, 0.6) is 0 Å². The highest BCUT2D eigenvalue weighted by Crippen LogP contribution is 1.66. The number of rotatable bonds is 1. The van der Waals surface area contributed by atoms with E-state index >= 15 is 0 Å². The van der Waals surface area contributed by atoms with E-state index in [-0.39, 0.29) is 0 Å². The number of H-pyrrole nitrogens is 1. The van der Waals surface area contributed by atoms with Crippen molar-refractivity contribution in [2.24, 2.45) is 0 Å². The quantitative estimate of drug-likeness (QED) is 0.536. The van der Waals surface area contributed by atoms with Gasteiger partial charge in [0.15, 0.2) is 0 Å². The fourth-order valence-electron chi connectivity index (χ4n) is 0.411. The molecule has 0 bridgehead atoms. The Bertz CT molecular complexity index is 267. The summed E-state index contributed by atoms with van der Waals surface area (Å²) in [5, 5.41) is 0. The van der Waals surface area contributed by atoms with Gasteiger partial charge in [-0.05, 0) is 0 Å². The summed E-state index contributed by atoms with van der Waals surface area (Å²) in [6.45, 7) is 0. The number of nitrogens with zero attached hydrogens (tertiary/aromatic N) is 1. The van der Waals surface area contributed by atoms with Crippen molar-refractivity contribution in [3.63, 3.8) is 0 Å². The largest absolute Gasteiger partial charge is 0.409 e. The molecule has 0 aliphatic rings. The van der Waals surface area contributed by atoms with Crippen LogP contribution in [0.25, 0.3) is 0 Å². The number of hydrogen-bond donors (Lipinski definition) is 1. The van der Waals surface area contributed by atoms with Crippen molar-refractivity contribution in [3.8, 4) is 0 Å². The van der Waals surface area contributed by atoms with Crippen molar-refractivity contribution < 1.29 is 4.84 Å². The molecular formula is C3H4N2O3S. The Morgan fingerprint density at radius 1 is 1.67 bits per heavy atom. The molecule has 0 amide bonds. The standard InChI is InChI=1S/C3H4N2O3S/c1-8-5-2(6)4-9-3(5)7/h1H3,(H,4,6). The fraction of sp³-hybridized carbons (Fsp3) is 0.333. The molecule has 0 radical (unpaired) electrons. The molecule has 0 fully saturated rings. The highest BCUT2D eigenvalue weighted by atomic mass is 32.1. The third-order valence-electron chi connectivity index (χ3n) is 0.759. The molecule has 1 rings (SSSR count). The average Bonchev–Trinajstić information content (AvgIpc) is 2.12. The van der Waals surface area contributed by atoms with E-state index in [2.05, 4.69) is 9.21 Å². The van der Waals surface area contributed by atoms with E-state index in [1.54, 1.807) is 0 Å². The summed E-state index contributed by atoms with van der Waals surface area (Å²) < 4.78 is 2.84. The molecule has 0 aliphatic heterocycles. The molecule has 0 spiro atoms. The summed E-state index contributed by atoms with van der Waals surface area (Å²) in [4.78, 5) is 24.9. The third kappa shape index (κ3) is 0.879. The van der Waals surface area contributed by atoms with E-state index in [4.69, 9.17) is 0 Å². The van der Waals surface area contributed by atoms with Crippen LogP contribution in [0.15, 0.2) is 9.59 Å². The molecule has 0 atom stereocenters. The molecule has 1 N–H and O–H groups in total. The maximum absolute atomic E-state index is 10.5. The Balaban J connectivity index is 3.41. The molecular weight excluding hydrogens is 144 g/mol. The minimum Gasteiger partial charge on any atom is -0.409 e. The Morgan fingerprint density at radius 2 is 2.33 bits per heavy atom. The zero-order valence-electron chi connectivity index (χ0n) is 4.58. The van der Waals surface area contributed by atoms with E-state index in [0.29, 0.717) is 16.3 Å². The van der Waals surface area contributed by atoms with Crippen LogP contribution in [0.1, 0.15) is 0 Å². The molecule has 0 unspecified atom stereocenters. The smallest absolute Gasteiger partial charge is 0.372 e. The van der Waals surface area contributed by atoms with Gasteiger partial charge in [0.05, 0.1) is 0 Å². The molecule has 1 aromatic rings. The second-order valence-corrected chi connectivity index (χ2v) is 2.01. The van der Waals surface area contributed by atoms with Gasteiger partial charge >= 0.3 is 10.6 Å². The van der Waals surface area contributed by atoms with Gasteiger partial charge in [-0.1, -0.05) is 4.73 Å². The van der Waals surface area contributed by atoms with Crippen LogP contribution in [-0.2, 0) is 0 Å². The number of aromatic nitrogens is 2. The van der Waals surface area contributed by atoms with Gasteiger partial charge in [0, 0.05) is 11.5 Å². The second kappa shape index (κ2) is 2.06. The minimum atomic E-state index is -0.535. The Kier molecular flexibility index (Phi) is 1.39. The first-order valence-electron chi connectivity index (χ1n) is 2.10. The van der Waals surface area contributed by atoms with Crippen molar-refractivity contribution in [1.82, 2.24) is 9.10 Å². The molecule has 1 heterocycles. The molecule has 0 saturated carbocycles. The highest BCUT2D eigenvalue weighted by molar-refractivity contribution is 7.02. The number of aromatic amines is 1. The van der Waals surface area contributed by atoms with Gasteiger partial charge in [-0.15, -0.1) is 0 Å². The fourth-order valence-corrected chi connectivity index (χ4v) is 0.908. The lowest BCUT2D eigenvalue weighted by Crippen LogP contribution is -2.30. The molecule has 9 heavy (non-hydrogen) atoms. The summed E-state index contributed by atoms with van der Waals surface area (Å²) in [7, 11) is 1.25. The average molecular weight is 148 g/mol. The van der Waals surface area contributed by atoms with Crippen LogP contribution in [-0.4, -0.2) is 16.2 Å². The van der Waals surface area contributed by atoms with Gasteiger partial charge in [0.2, 0.25) is 0 Å². The summed E-state index contributed by atoms with van der Waals surface area (Å²) in [6.07, 6.45) is 0.